The van der Waals surface area contributed by atoms with Crippen molar-refractivity contribution >= 4 is 34.5 Å². The molecule has 0 spiro atoms. The summed E-state index contributed by atoms with van der Waals surface area (Å²) in [6.07, 6.45) is 2.77. The quantitative estimate of drug-likeness (QED) is 0.109. The third kappa shape index (κ3) is 10.1. The first-order chi connectivity index (χ1) is 34.5. The maximum absolute atomic E-state index is 14.8. The van der Waals surface area contributed by atoms with E-state index < -0.39 is 78.3 Å². The van der Waals surface area contributed by atoms with Crippen LogP contribution in [0.25, 0.3) is 33.3 Å². The zero-order valence-corrected chi connectivity index (χ0v) is 42.2. The molecule has 3 saturated heterocycles. The van der Waals surface area contributed by atoms with Crippen LogP contribution in [-0.4, -0.2) is 145 Å². The molecule has 382 valence electrons. The summed E-state index contributed by atoms with van der Waals surface area (Å²) in [5.74, 6) is -2.42. The predicted molar refractivity (Wildman–Crippen MR) is 270 cm³/mol. The first kappa shape index (κ1) is 50.7. The van der Waals surface area contributed by atoms with E-state index in [4.69, 9.17) is 9.47 Å². The standard InChI is InChI=1S/C55H68N8O9/c1-8-60-44-17-16-35-25-39(44)40(47(60)41-27-56-19-18-36(41)30-71-7)26-55(4,5)31-72-54(70)42-15-12-20-63(58-42)51(67)43(23-34-21-37(35)24-38(64)22-34)57-50(66)46(32(2)3)59(6)45(65)29-62-52(68)48-49(53(62)69)61(48)28-33-13-10-9-11-14-33/h9-11,13-14,16-19,21-22,24-25,27,32,42-43,46,48-49,52,54,58,64,68,70H,8,12,15,20,23,26,28-31H2,1-7H3,(H,57,66)/t42-,43-,46-,48+,49-,52?,54?,61?/m0/s1. The van der Waals surface area contributed by atoms with Crippen LogP contribution in [0.3, 0.4) is 0 Å². The number of phenolic OH excluding ortho intramolecular Hbond substituents is 1. The minimum atomic E-state index is -1.28. The van der Waals surface area contributed by atoms with E-state index in [0.29, 0.717) is 50.1 Å². The number of amides is 4. The van der Waals surface area contributed by atoms with Crippen molar-refractivity contribution in [3.05, 3.63) is 107 Å². The molecule has 72 heavy (non-hydrogen) atoms. The van der Waals surface area contributed by atoms with Gasteiger partial charge in [0.1, 0.15) is 36.6 Å². The van der Waals surface area contributed by atoms with Crippen molar-refractivity contribution < 1.29 is 44.0 Å². The molecule has 8 atom stereocenters. The summed E-state index contributed by atoms with van der Waals surface area (Å²) >= 11 is 0. The van der Waals surface area contributed by atoms with E-state index in [1.165, 1.54) is 21.9 Å². The van der Waals surface area contributed by atoms with Gasteiger partial charge in [-0.2, -0.15) is 0 Å². The van der Waals surface area contributed by atoms with Crippen LogP contribution < -0.4 is 10.7 Å². The number of methoxy groups -OCH3 is 1. The van der Waals surface area contributed by atoms with Crippen molar-refractivity contribution in [2.75, 3.05) is 33.9 Å². The predicted octanol–water partition coefficient (Wildman–Crippen LogP) is 4.58. The Hall–Kier alpha value is -6.21. The normalized spacial score (nSPS) is 24.5. The fraction of sp³-hybridized carbons (Fsp3) is 0.473. The number of carbonyl (C=O) groups excluding carboxylic acids is 4. The van der Waals surface area contributed by atoms with Crippen molar-refractivity contribution in [3.8, 4) is 28.1 Å². The maximum atomic E-state index is 14.8. The molecule has 3 unspecified atom stereocenters. The number of hydrogen-bond donors (Lipinski definition) is 5. The fourth-order valence-electron chi connectivity index (χ4n) is 11.2. The van der Waals surface area contributed by atoms with Crippen molar-refractivity contribution in [2.24, 2.45) is 11.3 Å². The Morgan fingerprint density at radius 3 is 2.51 bits per heavy atom. The maximum Gasteiger partial charge on any atom is 0.259 e. The average Bonchev–Trinajstić information content (AvgIpc) is 3.91. The molecule has 4 aliphatic rings. The van der Waals surface area contributed by atoms with E-state index >= 15 is 0 Å². The molecule has 4 aliphatic heterocycles. The molecule has 0 saturated carbocycles. The number of piperazine rings is 1. The topological polar surface area (TPSA) is 202 Å². The number of fused-ring (bicyclic) bond motifs is 7. The summed E-state index contributed by atoms with van der Waals surface area (Å²) in [6, 6.07) is 19.2. The van der Waals surface area contributed by atoms with Gasteiger partial charge in [0.15, 0.2) is 6.29 Å². The van der Waals surface area contributed by atoms with Gasteiger partial charge in [0.05, 0.1) is 31.0 Å². The second-order valence-electron chi connectivity index (χ2n) is 21.0. The van der Waals surface area contributed by atoms with Gasteiger partial charge in [-0.25, -0.2) is 5.43 Å². The lowest BCUT2D eigenvalue weighted by Gasteiger charge is -2.39. The van der Waals surface area contributed by atoms with Crippen LogP contribution in [0.5, 0.6) is 5.75 Å². The minimum absolute atomic E-state index is 0.0245. The number of likely N-dealkylation sites (tertiary alicyclic amines) is 1. The Morgan fingerprint density at radius 1 is 1.03 bits per heavy atom. The highest BCUT2D eigenvalue weighted by molar-refractivity contribution is 5.97. The average molecular weight is 985 g/mol. The third-order valence-corrected chi connectivity index (χ3v) is 14.8. The van der Waals surface area contributed by atoms with Crippen molar-refractivity contribution in [3.63, 3.8) is 0 Å². The molecule has 3 aromatic carbocycles. The Morgan fingerprint density at radius 2 is 1.81 bits per heavy atom. The lowest BCUT2D eigenvalue weighted by Crippen LogP contribution is -2.63. The highest BCUT2D eigenvalue weighted by Crippen LogP contribution is 2.43. The first-order valence-corrected chi connectivity index (χ1v) is 25.1. The molecule has 3 fully saturated rings. The Labute approximate surface area is 420 Å². The van der Waals surface area contributed by atoms with E-state index in [1.807, 2.05) is 59.6 Å². The second kappa shape index (κ2) is 20.7. The molecule has 6 bridgehead atoms. The van der Waals surface area contributed by atoms with E-state index in [9.17, 15) is 34.5 Å². The van der Waals surface area contributed by atoms with Gasteiger partial charge in [-0.15, -0.1) is 0 Å². The molecule has 17 heteroatoms. The van der Waals surface area contributed by atoms with Gasteiger partial charge in [0.25, 0.3) is 5.91 Å². The highest BCUT2D eigenvalue weighted by Gasteiger charge is 2.65. The molecule has 17 nitrogen and oxygen atoms in total. The summed E-state index contributed by atoms with van der Waals surface area (Å²) in [5, 5.41) is 39.7. The number of rotatable bonds is 12. The van der Waals surface area contributed by atoms with Crippen molar-refractivity contribution in [2.45, 2.75) is 123 Å². The van der Waals surface area contributed by atoms with Crippen LogP contribution in [0, 0.1) is 11.3 Å². The first-order valence-electron chi connectivity index (χ1n) is 25.1. The molecule has 5 aromatic rings. The number of hydrazine groups is 1. The van der Waals surface area contributed by atoms with Gasteiger partial charge >= 0.3 is 0 Å². The number of nitrogens with zero attached hydrogens (tertiary/aromatic N) is 6. The Bertz CT molecular complexity index is 2830. The highest BCUT2D eigenvalue weighted by atomic mass is 16.6. The smallest absolute Gasteiger partial charge is 0.259 e. The number of aromatic hydroxyl groups is 1. The molecule has 0 aliphatic carbocycles. The number of phenols is 1. The van der Waals surface area contributed by atoms with Gasteiger partial charge in [-0.3, -0.25) is 34.1 Å². The van der Waals surface area contributed by atoms with E-state index in [2.05, 4.69) is 53.2 Å². The van der Waals surface area contributed by atoms with Crippen LogP contribution >= 0.6 is 0 Å². The van der Waals surface area contributed by atoms with Crippen LogP contribution in [-0.2, 0) is 61.2 Å². The number of aryl methyl sites for hydroxylation is 1. The molecule has 5 N–H and O–H groups in total. The molecular formula is C55H68N8O9. The second-order valence-corrected chi connectivity index (χ2v) is 21.0. The Kier molecular flexibility index (Phi) is 14.6. The minimum Gasteiger partial charge on any atom is -0.508 e. The van der Waals surface area contributed by atoms with Crippen LogP contribution in [0.1, 0.15) is 69.7 Å². The monoisotopic (exact) mass is 985 g/mol. The van der Waals surface area contributed by atoms with E-state index in [-0.39, 0.29) is 31.2 Å². The van der Waals surface area contributed by atoms with Crippen LogP contribution in [0.2, 0.25) is 0 Å². The summed E-state index contributed by atoms with van der Waals surface area (Å²) in [7, 11) is 3.16. The van der Waals surface area contributed by atoms with Gasteiger partial charge in [0, 0.05) is 69.1 Å². The van der Waals surface area contributed by atoms with Gasteiger partial charge in [-0.05, 0) is 101 Å². The Balaban J connectivity index is 1.03. The number of benzene rings is 3. The fourth-order valence-corrected chi connectivity index (χ4v) is 11.2. The van der Waals surface area contributed by atoms with E-state index in [1.54, 1.807) is 39.3 Å². The van der Waals surface area contributed by atoms with Gasteiger partial charge in [0.2, 0.25) is 17.7 Å². The zero-order valence-electron chi connectivity index (χ0n) is 42.2. The lowest BCUT2D eigenvalue weighted by molar-refractivity contribution is -0.164. The number of ether oxygens (including phenoxy) is 2. The zero-order chi connectivity index (χ0) is 51.2. The summed E-state index contributed by atoms with van der Waals surface area (Å²) in [6.45, 7) is 11.5. The number of nitrogens with one attached hydrogen (secondary N) is 2. The molecule has 4 amide bonds. The molecule has 2 aromatic heterocycles. The largest absolute Gasteiger partial charge is 0.508 e. The van der Waals surface area contributed by atoms with Gasteiger partial charge < -0.3 is 44.5 Å². The van der Waals surface area contributed by atoms with Gasteiger partial charge in [-0.1, -0.05) is 70.2 Å². The number of hydrogen-bond acceptors (Lipinski definition) is 12. The van der Waals surface area contributed by atoms with E-state index in [0.717, 1.165) is 44.4 Å². The van der Waals surface area contributed by atoms with Crippen molar-refractivity contribution in [1.82, 2.24) is 40.0 Å². The number of carbonyl (C=O) groups is 4. The number of aromatic nitrogens is 2. The molecule has 0 radical (unpaired) electrons. The summed E-state index contributed by atoms with van der Waals surface area (Å²) < 4.78 is 14.2. The van der Waals surface area contributed by atoms with Crippen molar-refractivity contribution in [1.29, 1.82) is 0 Å². The number of likely N-dealkylation sites (N-methyl/N-ethyl adjacent to an activating group) is 1. The SMILES string of the molecule is CCn1c(-c2cnccc2COC)c2c3cc(ccc31)-c1cc(O)cc(c1)C[C@H](NC(=O)[C@H](C(C)C)N(C)C(=O)CN1C(=O)[C@@H]3[C@H](C1O)N3Cc1ccccc1)C(=O)N1CCC[C@H](N1)C(O)OCC(C)(C)C2. The number of pyridine rings is 1. The van der Waals surface area contributed by atoms with Crippen LogP contribution in [0.15, 0.2) is 85.2 Å². The molecule has 6 heterocycles. The summed E-state index contributed by atoms with van der Waals surface area (Å²) in [4.78, 5) is 66.0. The number of aliphatic hydroxyl groups excluding tert-OH is 2. The summed E-state index contributed by atoms with van der Waals surface area (Å²) in [5.41, 5.74) is 10.9. The molecule has 9 rings (SSSR count). The van der Waals surface area contributed by atoms with Crippen LogP contribution in [0.4, 0.5) is 0 Å². The number of aliphatic hydroxyl groups is 2. The molecular weight excluding hydrogens is 917 g/mol. The lowest BCUT2D eigenvalue weighted by atomic mass is 9.84. The third-order valence-electron chi connectivity index (χ3n) is 14.8.